The van der Waals surface area contributed by atoms with Gasteiger partial charge >= 0.3 is 5.97 Å². The van der Waals surface area contributed by atoms with E-state index in [1.807, 2.05) is 27.7 Å². The van der Waals surface area contributed by atoms with Gasteiger partial charge in [0, 0.05) is 23.9 Å². The van der Waals surface area contributed by atoms with Crippen molar-refractivity contribution in [2.45, 2.75) is 91.8 Å². The van der Waals surface area contributed by atoms with Crippen LogP contribution in [0.25, 0.3) is 0 Å². The first-order chi connectivity index (χ1) is 9.86. The first kappa shape index (κ1) is 19.4. The summed E-state index contributed by atoms with van der Waals surface area (Å²) in [6, 6.07) is 0. The van der Waals surface area contributed by atoms with Crippen molar-refractivity contribution in [1.29, 1.82) is 0 Å². The van der Waals surface area contributed by atoms with Crippen molar-refractivity contribution in [2.75, 3.05) is 0 Å². The number of hydrogen-bond acceptors (Lipinski definition) is 4. The normalized spacial score (nSPS) is 23.8. The van der Waals surface area contributed by atoms with E-state index in [0.717, 1.165) is 6.42 Å². The minimum atomic E-state index is -0.502. The lowest BCUT2D eigenvalue weighted by Gasteiger charge is -2.59. The second kappa shape index (κ2) is 6.88. The summed E-state index contributed by atoms with van der Waals surface area (Å²) in [4.78, 5) is 12.6. The Morgan fingerprint density at radius 2 is 1.59 bits per heavy atom. The van der Waals surface area contributed by atoms with Crippen molar-refractivity contribution in [3.05, 3.63) is 5.21 Å². The predicted octanol–water partition coefficient (Wildman–Crippen LogP) is 4.37. The average molecular weight is 312 g/mol. The molecule has 0 aromatic carbocycles. The van der Waals surface area contributed by atoms with Gasteiger partial charge in [0.1, 0.15) is 6.10 Å². The first-order valence-electron chi connectivity index (χ1n) is 8.55. The van der Waals surface area contributed by atoms with Gasteiger partial charge < -0.3 is 15.0 Å². The second-order valence-electron chi connectivity index (χ2n) is 8.87. The molecule has 0 amide bonds. The maximum Gasteiger partial charge on any atom is 0.309 e. The maximum absolute atomic E-state index is 12.6. The minimum Gasteiger partial charge on any atom is -0.784 e. The largest absolute Gasteiger partial charge is 0.784 e. The number of piperidine rings is 1. The third kappa shape index (κ3) is 4.69. The molecular weight excluding hydrogens is 278 g/mol. The fourth-order valence-corrected chi connectivity index (χ4v) is 3.66. The summed E-state index contributed by atoms with van der Waals surface area (Å²) in [5.74, 6) is 0.586. The van der Waals surface area contributed by atoms with Crippen LogP contribution >= 0.6 is 0 Å². The van der Waals surface area contributed by atoms with E-state index in [2.05, 4.69) is 27.7 Å². The minimum absolute atomic E-state index is 0.0588. The van der Waals surface area contributed by atoms with E-state index in [9.17, 15) is 10.0 Å². The van der Waals surface area contributed by atoms with Crippen LogP contribution in [-0.4, -0.2) is 28.2 Å². The van der Waals surface area contributed by atoms with Gasteiger partial charge in [-0.2, -0.15) is 0 Å². The Labute approximate surface area is 136 Å². The van der Waals surface area contributed by atoms with E-state index in [1.54, 1.807) is 0 Å². The third-order valence-corrected chi connectivity index (χ3v) is 4.67. The van der Waals surface area contributed by atoms with Gasteiger partial charge in [0.15, 0.2) is 0 Å². The molecule has 1 heterocycles. The molecule has 0 spiro atoms. The molecule has 0 aromatic rings. The highest BCUT2D eigenvalue weighted by atomic mass is 16.5. The number of hydrogen-bond donors (Lipinski definition) is 0. The van der Waals surface area contributed by atoms with Crippen LogP contribution in [-0.2, 0) is 9.53 Å². The quantitative estimate of drug-likeness (QED) is 0.707. The van der Waals surface area contributed by atoms with Crippen LogP contribution in [0.2, 0.25) is 0 Å². The van der Waals surface area contributed by atoms with Crippen molar-refractivity contribution >= 4 is 5.97 Å². The monoisotopic (exact) mass is 312 g/mol. The summed E-state index contributed by atoms with van der Waals surface area (Å²) in [5, 5.41) is 13.5. The highest BCUT2D eigenvalue weighted by Gasteiger charge is 2.42. The molecule has 0 N–H and O–H groups in total. The van der Waals surface area contributed by atoms with Gasteiger partial charge in [-0.3, -0.25) is 4.79 Å². The van der Waals surface area contributed by atoms with Crippen molar-refractivity contribution in [3.63, 3.8) is 0 Å². The lowest BCUT2D eigenvalue weighted by atomic mass is 9.80. The molecule has 0 aromatic heterocycles. The second-order valence-corrected chi connectivity index (χ2v) is 8.87. The van der Waals surface area contributed by atoms with Crippen LogP contribution in [0.3, 0.4) is 0 Å². The van der Waals surface area contributed by atoms with E-state index in [0.29, 0.717) is 18.8 Å². The highest BCUT2D eigenvalue weighted by Crippen LogP contribution is 2.39. The molecule has 1 aliphatic rings. The van der Waals surface area contributed by atoms with E-state index < -0.39 is 11.1 Å². The molecule has 1 unspecified atom stereocenters. The van der Waals surface area contributed by atoms with Gasteiger partial charge in [0.05, 0.1) is 5.92 Å². The number of carbonyl (C=O) groups is 1. The Balaban J connectivity index is 2.79. The molecular formula is C18H34NO3-. The number of ether oxygens (including phenoxy) is 1. The van der Waals surface area contributed by atoms with E-state index >= 15 is 0 Å². The summed E-state index contributed by atoms with van der Waals surface area (Å²) < 4.78 is 5.83. The molecule has 1 saturated heterocycles. The molecule has 0 radical (unpaired) electrons. The van der Waals surface area contributed by atoms with Crippen molar-refractivity contribution in [3.8, 4) is 0 Å². The number of nitrogens with zero attached hydrogens (tertiary/aromatic N) is 1. The predicted molar refractivity (Wildman–Crippen MR) is 90.3 cm³/mol. The van der Waals surface area contributed by atoms with E-state index in [1.165, 1.54) is 5.06 Å². The van der Waals surface area contributed by atoms with Crippen molar-refractivity contribution in [2.24, 2.45) is 17.8 Å². The van der Waals surface area contributed by atoms with Crippen LogP contribution in [0, 0.1) is 23.0 Å². The molecule has 1 rings (SSSR count). The van der Waals surface area contributed by atoms with Gasteiger partial charge in [0.25, 0.3) is 0 Å². The highest BCUT2D eigenvalue weighted by molar-refractivity contribution is 5.73. The first-order valence-corrected chi connectivity index (χ1v) is 8.55. The number of esters is 1. The summed E-state index contributed by atoms with van der Waals surface area (Å²) in [6.07, 6.45) is 1.87. The number of rotatable bonds is 5. The zero-order valence-corrected chi connectivity index (χ0v) is 15.6. The topological polar surface area (TPSA) is 52.6 Å². The number of carbonyl (C=O) groups excluding carboxylic acids is 1. The number of hydroxylamine groups is 2. The van der Waals surface area contributed by atoms with Crippen molar-refractivity contribution < 1.29 is 9.53 Å². The Bertz CT molecular complexity index is 370. The van der Waals surface area contributed by atoms with Gasteiger partial charge in [0.2, 0.25) is 0 Å². The molecule has 22 heavy (non-hydrogen) atoms. The summed E-state index contributed by atoms with van der Waals surface area (Å²) in [7, 11) is 0. The molecule has 1 fully saturated rings. The zero-order chi connectivity index (χ0) is 17.3. The van der Waals surface area contributed by atoms with Crippen LogP contribution < -0.4 is 0 Å². The standard InChI is InChI=1S/C18H34NO3/c1-12(2)9-15(13(3)4)16(20)22-14-10-17(5,6)19(21)18(7,8)11-14/h12-15H,9-11H2,1-8H3/q-1. The van der Waals surface area contributed by atoms with Crippen LogP contribution in [0.15, 0.2) is 0 Å². The van der Waals surface area contributed by atoms with Crippen LogP contribution in [0.5, 0.6) is 0 Å². The molecule has 4 nitrogen and oxygen atoms in total. The lowest BCUT2D eigenvalue weighted by molar-refractivity contribution is -0.164. The summed E-state index contributed by atoms with van der Waals surface area (Å²) in [5.41, 5.74) is -1.00. The fraction of sp³-hybridized carbons (Fsp3) is 0.944. The summed E-state index contributed by atoms with van der Waals surface area (Å²) in [6.45, 7) is 16.1. The molecule has 0 saturated carbocycles. The van der Waals surface area contributed by atoms with E-state index in [4.69, 9.17) is 4.74 Å². The van der Waals surface area contributed by atoms with Crippen LogP contribution in [0.1, 0.15) is 74.7 Å². The third-order valence-electron chi connectivity index (χ3n) is 4.67. The van der Waals surface area contributed by atoms with Gasteiger partial charge in [-0.05, 0) is 46.0 Å². The van der Waals surface area contributed by atoms with Gasteiger partial charge in [-0.1, -0.05) is 27.7 Å². The van der Waals surface area contributed by atoms with E-state index in [-0.39, 0.29) is 23.9 Å². The maximum atomic E-state index is 12.6. The van der Waals surface area contributed by atoms with Gasteiger partial charge in [-0.15, -0.1) is 0 Å². The van der Waals surface area contributed by atoms with Gasteiger partial charge in [-0.25, -0.2) is 0 Å². The molecule has 0 aliphatic carbocycles. The summed E-state index contributed by atoms with van der Waals surface area (Å²) >= 11 is 0. The van der Waals surface area contributed by atoms with Crippen molar-refractivity contribution in [1.82, 2.24) is 5.06 Å². The fourth-order valence-electron chi connectivity index (χ4n) is 3.66. The smallest absolute Gasteiger partial charge is 0.309 e. The molecule has 1 atom stereocenters. The Morgan fingerprint density at radius 1 is 1.14 bits per heavy atom. The molecule has 130 valence electrons. The Morgan fingerprint density at radius 3 is 1.95 bits per heavy atom. The zero-order valence-electron chi connectivity index (χ0n) is 15.6. The average Bonchev–Trinajstić information content (AvgIpc) is 2.31. The Hall–Kier alpha value is -0.610. The molecule has 4 heteroatoms. The Kier molecular flexibility index (Phi) is 6.07. The lowest BCUT2D eigenvalue weighted by Crippen LogP contribution is -2.59. The molecule has 0 bridgehead atoms. The van der Waals surface area contributed by atoms with Crippen LogP contribution in [0.4, 0.5) is 0 Å². The molecule has 1 aliphatic heterocycles. The SMILES string of the molecule is CC(C)CC(C(=O)OC1CC(C)(C)N([O-])C(C)(C)C1)C(C)C.